The first-order chi connectivity index (χ1) is 8.52. The van der Waals surface area contributed by atoms with Gasteiger partial charge in [0.05, 0.1) is 7.11 Å². The first-order valence-corrected chi connectivity index (χ1v) is 7.23. The lowest BCUT2D eigenvalue weighted by molar-refractivity contribution is 0.0586. The van der Waals surface area contributed by atoms with Gasteiger partial charge in [0, 0.05) is 41.1 Å². The lowest BCUT2D eigenvalue weighted by atomic mass is 10.4. The molecular formula is C11H17N3O3S. The summed E-state index contributed by atoms with van der Waals surface area (Å²) in [7, 11) is 0.502. The Kier molecular flexibility index (Phi) is 5.70. The second kappa shape index (κ2) is 7.05. The number of nitrogens with zero attached hydrogens (tertiary/aromatic N) is 2. The predicted molar refractivity (Wildman–Crippen MR) is 70.1 cm³/mol. The van der Waals surface area contributed by atoms with Gasteiger partial charge >= 0.3 is 5.97 Å². The zero-order valence-electron chi connectivity index (χ0n) is 10.7. The molecule has 0 aliphatic carbocycles. The van der Waals surface area contributed by atoms with Crippen LogP contribution in [0.4, 0.5) is 5.82 Å². The number of ether oxygens (including phenoxy) is 1. The fourth-order valence-electron chi connectivity index (χ4n) is 1.33. The second-order valence-corrected chi connectivity index (χ2v) is 5.32. The molecule has 0 bridgehead atoms. The van der Waals surface area contributed by atoms with E-state index in [1.165, 1.54) is 7.11 Å². The number of rotatable bonds is 6. The van der Waals surface area contributed by atoms with E-state index in [2.05, 4.69) is 20.0 Å². The summed E-state index contributed by atoms with van der Waals surface area (Å²) in [4.78, 5) is 19.4. The molecule has 7 heteroatoms. The average Bonchev–Trinajstić information content (AvgIpc) is 2.32. The molecule has 1 unspecified atom stereocenters. The summed E-state index contributed by atoms with van der Waals surface area (Å²) >= 11 is 0. The van der Waals surface area contributed by atoms with E-state index in [0.717, 1.165) is 6.42 Å². The molecule has 0 aliphatic heterocycles. The van der Waals surface area contributed by atoms with Crippen molar-refractivity contribution >= 4 is 22.6 Å². The van der Waals surface area contributed by atoms with E-state index < -0.39 is 16.8 Å². The van der Waals surface area contributed by atoms with Crippen LogP contribution < -0.4 is 5.32 Å². The van der Waals surface area contributed by atoms with Crippen molar-refractivity contribution < 1.29 is 13.7 Å². The number of hydrogen-bond acceptors (Lipinski definition) is 6. The maximum atomic E-state index is 11.3. The third-order valence-electron chi connectivity index (χ3n) is 2.14. The van der Waals surface area contributed by atoms with Crippen LogP contribution in [0.5, 0.6) is 0 Å². The van der Waals surface area contributed by atoms with Gasteiger partial charge in [-0.2, -0.15) is 0 Å². The van der Waals surface area contributed by atoms with Crippen molar-refractivity contribution in [3.8, 4) is 0 Å². The summed E-state index contributed by atoms with van der Waals surface area (Å²) in [6, 6.07) is 1.75. The Morgan fingerprint density at radius 1 is 1.50 bits per heavy atom. The third kappa shape index (κ3) is 4.79. The second-order valence-electron chi connectivity index (χ2n) is 3.77. The topological polar surface area (TPSA) is 81.2 Å². The highest BCUT2D eigenvalue weighted by Gasteiger charge is 2.11. The molecule has 1 rings (SSSR count). The number of methoxy groups -OCH3 is 1. The number of carbonyl (C=O) groups is 1. The Balaban J connectivity index is 2.63. The van der Waals surface area contributed by atoms with Gasteiger partial charge in [0.25, 0.3) is 0 Å². The molecule has 100 valence electrons. The number of hydrogen-bond donors (Lipinski definition) is 1. The van der Waals surface area contributed by atoms with E-state index >= 15 is 0 Å². The molecule has 0 saturated heterocycles. The van der Waals surface area contributed by atoms with Crippen LogP contribution in [-0.2, 0) is 15.5 Å². The molecule has 1 atom stereocenters. The number of anilines is 1. The van der Waals surface area contributed by atoms with E-state index in [9.17, 15) is 9.00 Å². The van der Waals surface area contributed by atoms with Crippen LogP contribution in [0.2, 0.25) is 0 Å². The van der Waals surface area contributed by atoms with E-state index in [4.69, 9.17) is 0 Å². The minimum absolute atomic E-state index is 0.0408. The van der Waals surface area contributed by atoms with Crippen LogP contribution in [0.15, 0.2) is 6.07 Å². The van der Waals surface area contributed by atoms with Crippen LogP contribution >= 0.6 is 0 Å². The highest BCUT2D eigenvalue weighted by Crippen LogP contribution is 2.07. The smallest absolute Gasteiger partial charge is 0.376 e. The van der Waals surface area contributed by atoms with Crippen molar-refractivity contribution in [2.75, 3.05) is 31.0 Å². The molecule has 0 saturated carbocycles. The number of nitrogens with one attached hydrogen (secondary N) is 1. The predicted octanol–water partition coefficient (Wildman–Crippen LogP) is 0.752. The fourth-order valence-corrected chi connectivity index (χ4v) is 1.88. The van der Waals surface area contributed by atoms with Crippen LogP contribution in [0.1, 0.15) is 22.7 Å². The quantitative estimate of drug-likeness (QED) is 0.607. The summed E-state index contributed by atoms with van der Waals surface area (Å²) in [6.45, 7) is 2.43. The monoisotopic (exact) mass is 271 g/mol. The van der Waals surface area contributed by atoms with Crippen LogP contribution in [-0.4, -0.2) is 45.8 Å². The van der Waals surface area contributed by atoms with E-state index in [-0.39, 0.29) is 5.82 Å². The van der Waals surface area contributed by atoms with Crippen molar-refractivity contribution in [3.63, 3.8) is 0 Å². The molecule has 1 heterocycles. The Morgan fingerprint density at radius 2 is 2.22 bits per heavy atom. The van der Waals surface area contributed by atoms with Crippen molar-refractivity contribution in [2.45, 2.75) is 13.3 Å². The molecule has 1 aromatic heterocycles. The Labute approximate surface area is 109 Å². The van der Waals surface area contributed by atoms with E-state index in [0.29, 0.717) is 23.8 Å². The van der Waals surface area contributed by atoms with Gasteiger partial charge in [-0.05, 0) is 13.3 Å². The number of esters is 1. The Morgan fingerprint density at radius 3 is 2.83 bits per heavy atom. The lowest BCUT2D eigenvalue weighted by Gasteiger charge is -2.07. The summed E-state index contributed by atoms with van der Waals surface area (Å²) in [5.74, 6) is 0.696. The molecular weight excluding hydrogens is 254 g/mol. The molecule has 18 heavy (non-hydrogen) atoms. The van der Waals surface area contributed by atoms with Gasteiger partial charge < -0.3 is 10.1 Å². The summed E-state index contributed by atoms with van der Waals surface area (Å²) in [5.41, 5.74) is 0.687. The highest BCUT2D eigenvalue weighted by atomic mass is 32.2. The zero-order valence-corrected chi connectivity index (χ0v) is 11.5. The maximum Gasteiger partial charge on any atom is 0.376 e. The SMILES string of the molecule is COC(=O)c1nc(C)cc(NCCCS(C)=O)n1. The fraction of sp³-hybridized carbons (Fsp3) is 0.545. The standard InChI is InChI=1S/C11H17N3O3S/c1-8-7-9(12-5-4-6-18(3)16)14-10(13-8)11(15)17-2/h7H,4-6H2,1-3H3,(H,12,13,14). The summed E-state index contributed by atoms with van der Waals surface area (Å²) in [5, 5.41) is 3.07. The summed E-state index contributed by atoms with van der Waals surface area (Å²) < 4.78 is 15.5. The normalized spacial score (nSPS) is 11.9. The number of aryl methyl sites for hydroxylation is 1. The minimum Gasteiger partial charge on any atom is -0.463 e. The van der Waals surface area contributed by atoms with Crippen molar-refractivity contribution in [2.24, 2.45) is 0 Å². The first kappa shape index (κ1) is 14.6. The molecule has 0 amide bonds. The molecule has 0 aliphatic rings. The molecule has 1 N–H and O–H groups in total. The molecule has 0 radical (unpaired) electrons. The van der Waals surface area contributed by atoms with Gasteiger partial charge in [-0.1, -0.05) is 0 Å². The van der Waals surface area contributed by atoms with Crippen molar-refractivity contribution in [1.82, 2.24) is 9.97 Å². The van der Waals surface area contributed by atoms with Crippen LogP contribution in [0, 0.1) is 6.92 Å². The van der Waals surface area contributed by atoms with E-state index in [1.807, 2.05) is 0 Å². The maximum absolute atomic E-state index is 11.3. The summed E-state index contributed by atoms with van der Waals surface area (Å²) in [6.07, 6.45) is 2.45. The minimum atomic E-state index is -0.788. The Hall–Kier alpha value is -1.50. The van der Waals surface area contributed by atoms with Gasteiger partial charge in [-0.25, -0.2) is 14.8 Å². The number of carbonyl (C=O) groups excluding carboxylic acids is 1. The van der Waals surface area contributed by atoms with Gasteiger partial charge in [-0.3, -0.25) is 4.21 Å². The average molecular weight is 271 g/mol. The van der Waals surface area contributed by atoms with Gasteiger partial charge in [0.2, 0.25) is 5.82 Å². The van der Waals surface area contributed by atoms with E-state index in [1.54, 1.807) is 19.2 Å². The third-order valence-corrected chi connectivity index (χ3v) is 3.00. The van der Waals surface area contributed by atoms with Crippen LogP contribution in [0.25, 0.3) is 0 Å². The first-order valence-electron chi connectivity index (χ1n) is 5.51. The molecule has 6 nitrogen and oxygen atoms in total. The van der Waals surface area contributed by atoms with Crippen molar-refractivity contribution in [1.29, 1.82) is 0 Å². The lowest BCUT2D eigenvalue weighted by Crippen LogP contribution is -2.12. The van der Waals surface area contributed by atoms with Crippen molar-refractivity contribution in [3.05, 3.63) is 17.6 Å². The van der Waals surface area contributed by atoms with Gasteiger partial charge in [0.15, 0.2) is 0 Å². The molecule has 1 aromatic rings. The zero-order chi connectivity index (χ0) is 13.5. The molecule has 0 fully saturated rings. The van der Waals surface area contributed by atoms with Crippen LogP contribution in [0.3, 0.4) is 0 Å². The largest absolute Gasteiger partial charge is 0.463 e. The highest BCUT2D eigenvalue weighted by molar-refractivity contribution is 7.84. The molecule has 0 aromatic carbocycles. The number of aromatic nitrogens is 2. The van der Waals surface area contributed by atoms with Gasteiger partial charge in [-0.15, -0.1) is 0 Å². The molecule has 0 spiro atoms. The Bertz CT molecular complexity index is 451. The van der Waals surface area contributed by atoms with Gasteiger partial charge in [0.1, 0.15) is 5.82 Å².